The molecule has 0 unspecified atom stereocenters. The van der Waals surface area contributed by atoms with E-state index in [1.54, 1.807) is 43.3 Å². The second-order valence-corrected chi connectivity index (χ2v) is 11.0. The van der Waals surface area contributed by atoms with E-state index in [2.05, 4.69) is 5.32 Å². The Labute approximate surface area is 218 Å². The maximum atomic E-state index is 13.8. The van der Waals surface area contributed by atoms with Crippen molar-refractivity contribution in [2.45, 2.75) is 51.2 Å². The van der Waals surface area contributed by atoms with E-state index < -0.39 is 34.3 Å². The van der Waals surface area contributed by atoms with Crippen LogP contribution in [0.25, 0.3) is 0 Å². The van der Waals surface area contributed by atoms with Crippen LogP contribution in [0.1, 0.15) is 31.9 Å². The van der Waals surface area contributed by atoms with E-state index in [0.29, 0.717) is 11.3 Å². The zero-order valence-electron chi connectivity index (χ0n) is 21.4. The number of nitrogens with one attached hydrogen (secondary N) is 1. The van der Waals surface area contributed by atoms with Crippen LogP contribution in [0.15, 0.2) is 83.8 Å². The van der Waals surface area contributed by atoms with Gasteiger partial charge in [-0.3, -0.25) is 13.9 Å². The van der Waals surface area contributed by atoms with Gasteiger partial charge in [-0.05, 0) is 75.2 Å². The largest absolute Gasteiger partial charge is 0.352 e. The average molecular weight is 526 g/mol. The maximum Gasteiger partial charge on any atom is 0.264 e. The number of halogens is 1. The molecule has 7 nitrogen and oxygen atoms in total. The minimum absolute atomic E-state index is 0.00115. The number of aryl methyl sites for hydroxylation is 1. The van der Waals surface area contributed by atoms with Gasteiger partial charge in [0.05, 0.1) is 10.6 Å². The standard InChI is InChI=1S/C28H32FN3O4S/c1-20(2)30-28(34)22(4)31(18-23-13-15-24(29)16-14-23)27(33)19-32(25-10-8-9-21(3)17-25)37(35,36)26-11-6-5-7-12-26/h5-17,20,22H,18-19H2,1-4H3,(H,30,34)/t22-/m0/s1. The van der Waals surface area contributed by atoms with Crippen LogP contribution >= 0.6 is 0 Å². The number of carbonyl (C=O) groups excluding carboxylic acids is 2. The molecule has 3 rings (SSSR count). The highest BCUT2D eigenvalue weighted by molar-refractivity contribution is 7.92. The monoisotopic (exact) mass is 525 g/mol. The quantitative estimate of drug-likeness (QED) is 0.428. The van der Waals surface area contributed by atoms with Gasteiger partial charge >= 0.3 is 0 Å². The molecule has 1 atom stereocenters. The summed E-state index contributed by atoms with van der Waals surface area (Å²) in [5, 5.41) is 2.80. The number of hydrogen-bond donors (Lipinski definition) is 1. The number of amides is 2. The van der Waals surface area contributed by atoms with Gasteiger partial charge in [-0.15, -0.1) is 0 Å². The van der Waals surface area contributed by atoms with Crippen LogP contribution in [0.2, 0.25) is 0 Å². The lowest BCUT2D eigenvalue weighted by Gasteiger charge is -2.32. The van der Waals surface area contributed by atoms with E-state index in [1.165, 1.54) is 41.3 Å². The third kappa shape index (κ3) is 7.16. The van der Waals surface area contributed by atoms with E-state index >= 15 is 0 Å². The first-order valence-electron chi connectivity index (χ1n) is 12.0. The number of benzene rings is 3. The molecular formula is C28H32FN3O4S. The SMILES string of the molecule is Cc1cccc(N(CC(=O)N(Cc2ccc(F)cc2)[C@@H](C)C(=O)NC(C)C)S(=O)(=O)c2ccccc2)c1. The van der Waals surface area contributed by atoms with Gasteiger partial charge in [0.25, 0.3) is 10.0 Å². The molecule has 0 saturated heterocycles. The number of nitrogens with zero attached hydrogens (tertiary/aromatic N) is 2. The molecule has 0 heterocycles. The molecule has 9 heteroatoms. The Hall–Kier alpha value is -3.72. The molecule has 196 valence electrons. The van der Waals surface area contributed by atoms with Crippen molar-refractivity contribution in [2.75, 3.05) is 10.8 Å². The van der Waals surface area contributed by atoms with Gasteiger partial charge in [-0.25, -0.2) is 12.8 Å². The highest BCUT2D eigenvalue weighted by Gasteiger charge is 2.32. The summed E-state index contributed by atoms with van der Waals surface area (Å²) in [6.45, 7) is 6.50. The number of carbonyl (C=O) groups is 2. The molecule has 3 aromatic rings. The first-order chi connectivity index (χ1) is 17.5. The van der Waals surface area contributed by atoms with Crippen molar-refractivity contribution in [3.63, 3.8) is 0 Å². The highest BCUT2D eigenvalue weighted by Crippen LogP contribution is 2.25. The van der Waals surface area contributed by atoms with Crippen molar-refractivity contribution < 1.29 is 22.4 Å². The van der Waals surface area contributed by atoms with Crippen LogP contribution in [0.5, 0.6) is 0 Å². The summed E-state index contributed by atoms with van der Waals surface area (Å²) in [6, 6.07) is 19.3. The minimum Gasteiger partial charge on any atom is -0.352 e. The topological polar surface area (TPSA) is 86.8 Å². The fourth-order valence-corrected chi connectivity index (χ4v) is 5.23. The van der Waals surface area contributed by atoms with Gasteiger partial charge in [0, 0.05) is 12.6 Å². The molecule has 0 aliphatic carbocycles. The Morgan fingerprint density at radius 1 is 0.919 bits per heavy atom. The third-order valence-electron chi connectivity index (χ3n) is 5.76. The lowest BCUT2D eigenvalue weighted by atomic mass is 10.1. The summed E-state index contributed by atoms with van der Waals surface area (Å²) in [7, 11) is -4.11. The first kappa shape index (κ1) is 27.9. The fourth-order valence-electron chi connectivity index (χ4n) is 3.81. The lowest BCUT2D eigenvalue weighted by Crippen LogP contribution is -2.52. The van der Waals surface area contributed by atoms with Crippen LogP contribution < -0.4 is 9.62 Å². The minimum atomic E-state index is -4.11. The number of sulfonamides is 1. The molecule has 0 aliphatic rings. The second kappa shape index (κ2) is 12.0. The summed E-state index contributed by atoms with van der Waals surface area (Å²) in [4.78, 5) is 28.0. The Morgan fingerprint density at radius 2 is 1.57 bits per heavy atom. The normalized spacial score (nSPS) is 12.2. The van der Waals surface area contributed by atoms with Gasteiger partial charge in [-0.1, -0.05) is 42.5 Å². The van der Waals surface area contributed by atoms with Crippen molar-refractivity contribution in [2.24, 2.45) is 0 Å². The van der Waals surface area contributed by atoms with Crippen molar-refractivity contribution >= 4 is 27.5 Å². The summed E-state index contributed by atoms with van der Waals surface area (Å²) in [5.74, 6) is -1.37. The molecular weight excluding hydrogens is 493 g/mol. The van der Waals surface area contributed by atoms with Crippen LogP contribution in [-0.2, 0) is 26.2 Å². The van der Waals surface area contributed by atoms with Crippen LogP contribution in [0.4, 0.5) is 10.1 Å². The molecule has 0 aromatic heterocycles. The predicted octanol–water partition coefficient (Wildman–Crippen LogP) is 4.27. The number of rotatable bonds is 10. The van der Waals surface area contributed by atoms with Crippen molar-refractivity contribution in [1.29, 1.82) is 0 Å². The molecule has 0 radical (unpaired) electrons. The van der Waals surface area contributed by atoms with Gasteiger partial charge < -0.3 is 10.2 Å². The van der Waals surface area contributed by atoms with E-state index in [1.807, 2.05) is 26.8 Å². The predicted molar refractivity (Wildman–Crippen MR) is 142 cm³/mol. The second-order valence-electron chi connectivity index (χ2n) is 9.15. The number of anilines is 1. The average Bonchev–Trinajstić information content (AvgIpc) is 2.86. The Balaban J connectivity index is 2.01. The van der Waals surface area contributed by atoms with Crippen LogP contribution in [0.3, 0.4) is 0 Å². The Morgan fingerprint density at radius 3 is 2.16 bits per heavy atom. The summed E-state index contributed by atoms with van der Waals surface area (Å²) in [6.07, 6.45) is 0. The first-order valence-corrected chi connectivity index (χ1v) is 13.4. The smallest absolute Gasteiger partial charge is 0.264 e. The lowest BCUT2D eigenvalue weighted by molar-refractivity contribution is -0.139. The summed E-state index contributed by atoms with van der Waals surface area (Å²) < 4.78 is 41.9. The fraction of sp³-hybridized carbons (Fsp3) is 0.286. The van der Waals surface area contributed by atoms with E-state index in [9.17, 15) is 22.4 Å². The molecule has 0 spiro atoms. The van der Waals surface area contributed by atoms with Crippen LogP contribution in [-0.4, -0.2) is 43.8 Å². The van der Waals surface area contributed by atoms with Crippen molar-refractivity contribution in [3.8, 4) is 0 Å². The van der Waals surface area contributed by atoms with E-state index in [4.69, 9.17) is 0 Å². The maximum absolute atomic E-state index is 13.8. The molecule has 0 fully saturated rings. The Bertz CT molecular complexity index is 1330. The number of hydrogen-bond acceptors (Lipinski definition) is 4. The molecule has 37 heavy (non-hydrogen) atoms. The summed E-state index contributed by atoms with van der Waals surface area (Å²) in [5.41, 5.74) is 1.76. The zero-order valence-corrected chi connectivity index (χ0v) is 22.2. The van der Waals surface area contributed by atoms with E-state index in [-0.39, 0.29) is 23.4 Å². The molecule has 0 saturated carbocycles. The van der Waals surface area contributed by atoms with Crippen molar-refractivity contribution in [3.05, 3.63) is 95.8 Å². The van der Waals surface area contributed by atoms with Gasteiger partial charge in [0.2, 0.25) is 11.8 Å². The summed E-state index contributed by atoms with van der Waals surface area (Å²) >= 11 is 0. The van der Waals surface area contributed by atoms with Gasteiger partial charge in [0.15, 0.2) is 0 Å². The molecule has 0 aliphatic heterocycles. The van der Waals surface area contributed by atoms with Crippen LogP contribution in [0, 0.1) is 12.7 Å². The molecule has 1 N–H and O–H groups in total. The van der Waals surface area contributed by atoms with E-state index in [0.717, 1.165) is 9.87 Å². The Kier molecular flexibility index (Phi) is 9.04. The molecule has 0 bridgehead atoms. The third-order valence-corrected chi connectivity index (χ3v) is 7.55. The molecule has 2 amide bonds. The van der Waals surface area contributed by atoms with Crippen molar-refractivity contribution in [1.82, 2.24) is 10.2 Å². The zero-order chi connectivity index (χ0) is 27.2. The molecule has 3 aromatic carbocycles. The highest BCUT2D eigenvalue weighted by atomic mass is 32.2. The van der Waals surface area contributed by atoms with Gasteiger partial charge in [-0.2, -0.15) is 0 Å². The van der Waals surface area contributed by atoms with Gasteiger partial charge in [0.1, 0.15) is 18.4 Å².